The molecule has 5 aromatic rings. The molecule has 7 rings (SSSR count). The van der Waals surface area contributed by atoms with Gasteiger partial charge in [-0.05, 0) is 111 Å². The molecule has 5 aromatic carbocycles. The Kier molecular flexibility index (Phi) is 5.83. The van der Waals surface area contributed by atoms with Crippen LogP contribution in [-0.2, 0) is 5.41 Å². The van der Waals surface area contributed by atoms with Crippen LogP contribution >= 0.6 is 11.8 Å². The van der Waals surface area contributed by atoms with E-state index in [4.69, 9.17) is 4.74 Å². The van der Waals surface area contributed by atoms with Crippen LogP contribution in [0.4, 0.5) is 0 Å². The third kappa shape index (κ3) is 4.00. The normalized spacial score (nSPS) is 18.0. The van der Waals surface area contributed by atoms with Crippen molar-refractivity contribution in [2.45, 2.75) is 57.3 Å². The van der Waals surface area contributed by atoms with Gasteiger partial charge >= 0.3 is 0 Å². The van der Waals surface area contributed by atoms with Gasteiger partial charge in [0, 0.05) is 21.3 Å². The summed E-state index contributed by atoms with van der Waals surface area (Å²) in [6, 6.07) is 28.3. The first kappa shape index (κ1) is 26.5. The van der Waals surface area contributed by atoms with Crippen molar-refractivity contribution in [1.29, 1.82) is 0 Å². The first-order valence-corrected chi connectivity index (χ1v) is 15.8. The maximum Gasteiger partial charge on any atom is 0.127 e. The lowest BCUT2D eigenvalue weighted by Gasteiger charge is -2.51. The number of ether oxygens (including phenoxy) is 1. The molecule has 1 saturated carbocycles. The van der Waals surface area contributed by atoms with Crippen LogP contribution in [-0.4, -0.2) is 18.5 Å². The highest BCUT2D eigenvalue weighted by Crippen LogP contribution is 2.65. The molecule has 1 N–H and O–H groups in total. The number of phenols is 1. The minimum Gasteiger partial charge on any atom is -0.507 e. The standard InChI is InChI=1S/C38H38O2S/c1-36(2)20-37(3,4)22-38(21-36)31-16-24(41-6)14-15-27(31)35-30-18-34(40-5)29(17-28(30)33(39)19-32(35)38)26-13-9-11-23-10-7-8-12-25(23)26/h7-19,39H,20-22H2,1-6H3. The fourth-order valence-corrected chi connectivity index (χ4v) is 9.28. The highest BCUT2D eigenvalue weighted by Gasteiger charge is 2.53. The van der Waals surface area contributed by atoms with Gasteiger partial charge in [0.05, 0.1) is 7.11 Å². The van der Waals surface area contributed by atoms with Crippen molar-refractivity contribution in [3.63, 3.8) is 0 Å². The van der Waals surface area contributed by atoms with Crippen molar-refractivity contribution in [1.82, 2.24) is 0 Å². The molecule has 208 valence electrons. The van der Waals surface area contributed by atoms with Crippen LogP contribution in [0.2, 0.25) is 0 Å². The summed E-state index contributed by atoms with van der Waals surface area (Å²) in [5.41, 5.74) is 7.58. The molecule has 0 aliphatic heterocycles. The summed E-state index contributed by atoms with van der Waals surface area (Å²) in [6.07, 6.45) is 5.48. The topological polar surface area (TPSA) is 29.5 Å². The highest BCUT2D eigenvalue weighted by atomic mass is 32.2. The maximum absolute atomic E-state index is 11.8. The zero-order valence-electron chi connectivity index (χ0n) is 24.9. The van der Waals surface area contributed by atoms with E-state index in [0.717, 1.165) is 40.5 Å². The summed E-state index contributed by atoms with van der Waals surface area (Å²) in [5, 5.41) is 16.1. The van der Waals surface area contributed by atoms with Gasteiger partial charge in [0.2, 0.25) is 0 Å². The summed E-state index contributed by atoms with van der Waals surface area (Å²) in [4.78, 5) is 1.29. The molecule has 2 aliphatic carbocycles. The van der Waals surface area contributed by atoms with Gasteiger partial charge in [-0.2, -0.15) is 0 Å². The molecule has 41 heavy (non-hydrogen) atoms. The fourth-order valence-electron chi connectivity index (χ4n) is 8.84. The van der Waals surface area contributed by atoms with Crippen LogP contribution in [0.15, 0.2) is 83.8 Å². The van der Waals surface area contributed by atoms with Crippen LogP contribution in [0.1, 0.15) is 58.1 Å². The van der Waals surface area contributed by atoms with Gasteiger partial charge in [0.1, 0.15) is 11.5 Å². The number of hydrogen-bond donors (Lipinski definition) is 1. The predicted molar refractivity (Wildman–Crippen MR) is 175 cm³/mol. The van der Waals surface area contributed by atoms with E-state index in [2.05, 4.69) is 113 Å². The van der Waals surface area contributed by atoms with Crippen LogP contribution < -0.4 is 4.74 Å². The number of benzene rings is 5. The SMILES string of the molecule is COc1cc2c3c(cc(O)c2cc1-c1cccc2ccccc12)C1(CC(C)(C)CC(C)(C)C1)c1cc(SC)ccc1-3. The molecule has 0 amide bonds. The van der Waals surface area contributed by atoms with Gasteiger partial charge in [0.15, 0.2) is 0 Å². The Labute approximate surface area is 247 Å². The van der Waals surface area contributed by atoms with E-state index in [9.17, 15) is 5.11 Å². The molecule has 0 saturated heterocycles. The highest BCUT2D eigenvalue weighted by molar-refractivity contribution is 7.98. The van der Waals surface area contributed by atoms with Crippen molar-refractivity contribution in [2.24, 2.45) is 10.8 Å². The van der Waals surface area contributed by atoms with Gasteiger partial charge < -0.3 is 9.84 Å². The fraction of sp³-hybridized carbons (Fsp3) is 0.316. The quantitative estimate of drug-likeness (QED) is 0.223. The van der Waals surface area contributed by atoms with Crippen molar-refractivity contribution in [3.05, 3.63) is 90.0 Å². The first-order valence-electron chi connectivity index (χ1n) is 14.6. The zero-order valence-corrected chi connectivity index (χ0v) is 25.7. The minimum atomic E-state index is -0.144. The lowest BCUT2D eigenvalue weighted by molar-refractivity contribution is 0.0644. The second-order valence-corrected chi connectivity index (χ2v) is 14.7. The number of thioether (sulfide) groups is 1. The monoisotopic (exact) mass is 558 g/mol. The molecule has 0 radical (unpaired) electrons. The molecule has 0 bridgehead atoms. The lowest BCUT2D eigenvalue weighted by atomic mass is 9.52. The van der Waals surface area contributed by atoms with E-state index in [1.165, 1.54) is 44.3 Å². The van der Waals surface area contributed by atoms with Crippen LogP contribution in [0.25, 0.3) is 43.8 Å². The van der Waals surface area contributed by atoms with Crippen molar-refractivity contribution >= 4 is 33.3 Å². The third-order valence-corrected chi connectivity index (χ3v) is 10.3. The summed E-state index contributed by atoms with van der Waals surface area (Å²) in [6.45, 7) is 9.69. The van der Waals surface area contributed by atoms with E-state index in [1.54, 1.807) is 18.9 Å². The molecular formula is C38H38O2S. The van der Waals surface area contributed by atoms with Crippen molar-refractivity contribution in [2.75, 3.05) is 13.4 Å². The minimum absolute atomic E-state index is 0.144. The smallest absolute Gasteiger partial charge is 0.127 e. The molecule has 2 aliphatic rings. The Bertz CT molecular complexity index is 1840. The third-order valence-electron chi connectivity index (χ3n) is 9.56. The lowest BCUT2D eigenvalue weighted by Crippen LogP contribution is -2.43. The molecule has 1 fully saturated rings. The van der Waals surface area contributed by atoms with Crippen LogP contribution in [0.3, 0.4) is 0 Å². The maximum atomic E-state index is 11.8. The van der Waals surface area contributed by atoms with E-state index in [-0.39, 0.29) is 16.2 Å². The average molecular weight is 559 g/mol. The molecule has 0 aromatic heterocycles. The Morgan fingerprint density at radius 3 is 2.15 bits per heavy atom. The van der Waals surface area contributed by atoms with E-state index >= 15 is 0 Å². The summed E-state index contributed by atoms with van der Waals surface area (Å²) in [5.74, 6) is 1.18. The number of phenolic OH excluding ortho intramolecular Hbond substituents is 1. The second kappa shape index (κ2) is 9.03. The number of rotatable bonds is 3. The number of fused-ring (bicyclic) bond motifs is 8. The summed E-state index contributed by atoms with van der Waals surface area (Å²) >= 11 is 1.80. The number of methoxy groups -OCH3 is 1. The van der Waals surface area contributed by atoms with Crippen LogP contribution in [0.5, 0.6) is 11.5 Å². The van der Waals surface area contributed by atoms with Gasteiger partial charge in [0.25, 0.3) is 0 Å². The zero-order chi connectivity index (χ0) is 28.7. The van der Waals surface area contributed by atoms with Crippen molar-refractivity contribution < 1.29 is 9.84 Å². The van der Waals surface area contributed by atoms with Gasteiger partial charge in [-0.15, -0.1) is 11.8 Å². The molecule has 2 nitrogen and oxygen atoms in total. The van der Waals surface area contributed by atoms with Crippen molar-refractivity contribution in [3.8, 4) is 33.8 Å². The predicted octanol–water partition coefficient (Wildman–Crippen LogP) is 10.6. The molecule has 0 atom stereocenters. The molecular weight excluding hydrogens is 520 g/mol. The Morgan fingerprint density at radius 2 is 1.41 bits per heavy atom. The summed E-state index contributed by atoms with van der Waals surface area (Å²) < 4.78 is 6.10. The second-order valence-electron chi connectivity index (χ2n) is 13.8. The Hall–Kier alpha value is -3.43. The summed E-state index contributed by atoms with van der Waals surface area (Å²) in [7, 11) is 1.76. The molecule has 3 heteroatoms. The largest absolute Gasteiger partial charge is 0.507 e. The first-order chi connectivity index (χ1) is 19.6. The molecule has 0 heterocycles. The molecule has 1 spiro atoms. The van der Waals surface area contributed by atoms with Gasteiger partial charge in [-0.25, -0.2) is 0 Å². The molecule has 0 unspecified atom stereocenters. The Balaban J connectivity index is 1.56. The van der Waals surface area contributed by atoms with Gasteiger partial charge in [-0.1, -0.05) is 76.2 Å². The van der Waals surface area contributed by atoms with Gasteiger partial charge in [-0.3, -0.25) is 0 Å². The van der Waals surface area contributed by atoms with E-state index < -0.39 is 0 Å². The van der Waals surface area contributed by atoms with Crippen LogP contribution in [0, 0.1) is 10.8 Å². The number of aromatic hydroxyl groups is 1. The van der Waals surface area contributed by atoms with E-state index in [0.29, 0.717) is 5.75 Å². The Morgan fingerprint density at radius 1 is 0.683 bits per heavy atom. The van der Waals surface area contributed by atoms with E-state index in [1.807, 2.05) is 0 Å². The average Bonchev–Trinajstić information content (AvgIpc) is 3.17. The number of hydrogen-bond acceptors (Lipinski definition) is 3.